The third-order valence-electron chi connectivity index (χ3n) is 3.76. The molecule has 0 bridgehead atoms. The lowest BCUT2D eigenvalue weighted by Gasteiger charge is -2.22. The number of nitrogens with zero attached hydrogens (tertiary/aromatic N) is 1. The van der Waals surface area contributed by atoms with E-state index in [0.29, 0.717) is 0 Å². The average molecular weight is 182 g/mol. The van der Waals surface area contributed by atoms with Gasteiger partial charge in [-0.3, -0.25) is 0 Å². The summed E-state index contributed by atoms with van der Waals surface area (Å²) < 4.78 is 0. The summed E-state index contributed by atoms with van der Waals surface area (Å²) in [7, 11) is 2.24. The molecule has 76 valence electrons. The van der Waals surface area contributed by atoms with Crippen LogP contribution in [0, 0.1) is 17.8 Å². The molecule has 2 atom stereocenters. The average Bonchev–Trinajstić information content (AvgIpc) is 2.85. The van der Waals surface area contributed by atoms with Crippen molar-refractivity contribution >= 4 is 0 Å². The fraction of sp³-hybridized carbons (Fsp3) is 1.00. The van der Waals surface area contributed by atoms with Gasteiger partial charge in [-0.15, -0.1) is 0 Å². The summed E-state index contributed by atoms with van der Waals surface area (Å²) in [5.74, 6) is 2.95. The molecule has 0 radical (unpaired) electrons. The highest BCUT2D eigenvalue weighted by Gasteiger charge is 2.37. The van der Waals surface area contributed by atoms with Crippen LogP contribution in [0.5, 0.6) is 0 Å². The quantitative estimate of drug-likeness (QED) is 0.710. The standard InChI is InChI=1S/C11H22N2/c1-13-7-5-10(8-13)11(4-6-12)9-2-3-9/h9-11H,2-8,12H2,1H3. The summed E-state index contributed by atoms with van der Waals surface area (Å²) in [6.07, 6.45) is 5.64. The van der Waals surface area contributed by atoms with E-state index in [1.54, 1.807) is 0 Å². The first-order chi connectivity index (χ1) is 6.31. The van der Waals surface area contributed by atoms with Crippen LogP contribution in [-0.2, 0) is 0 Å². The topological polar surface area (TPSA) is 29.3 Å². The minimum Gasteiger partial charge on any atom is -0.330 e. The van der Waals surface area contributed by atoms with Crippen LogP contribution < -0.4 is 5.73 Å². The third kappa shape index (κ3) is 2.23. The smallest absolute Gasteiger partial charge is 0.000984 e. The van der Waals surface area contributed by atoms with Crippen molar-refractivity contribution in [2.75, 3.05) is 26.7 Å². The van der Waals surface area contributed by atoms with E-state index in [2.05, 4.69) is 11.9 Å². The molecule has 0 spiro atoms. The molecule has 1 heterocycles. The molecule has 2 rings (SSSR count). The first-order valence-corrected chi connectivity index (χ1v) is 5.70. The second-order valence-corrected chi connectivity index (χ2v) is 4.89. The summed E-state index contributed by atoms with van der Waals surface area (Å²) in [6, 6.07) is 0. The van der Waals surface area contributed by atoms with Crippen molar-refractivity contribution in [1.82, 2.24) is 4.90 Å². The summed E-state index contributed by atoms with van der Waals surface area (Å²) in [5.41, 5.74) is 5.68. The molecule has 2 fully saturated rings. The van der Waals surface area contributed by atoms with Gasteiger partial charge in [-0.2, -0.15) is 0 Å². The van der Waals surface area contributed by atoms with Gasteiger partial charge in [0.2, 0.25) is 0 Å². The molecule has 0 aromatic carbocycles. The van der Waals surface area contributed by atoms with E-state index in [9.17, 15) is 0 Å². The van der Waals surface area contributed by atoms with Crippen molar-refractivity contribution in [3.8, 4) is 0 Å². The van der Waals surface area contributed by atoms with Gasteiger partial charge in [0, 0.05) is 6.54 Å². The molecule has 0 aromatic rings. The Kier molecular flexibility index (Phi) is 2.89. The van der Waals surface area contributed by atoms with Crippen molar-refractivity contribution in [3.05, 3.63) is 0 Å². The van der Waals surface area contributed by atoms with Crippen molar-refractivity contribution in [1.29, 1.82) is 0 Å². The molecule has 1 aliphatic carbocycles. The van der Waals surface area contributed by atoms with Crippen molar-refractivity contribution in [2.45, 2.75) is 25.7 Å². The molecule has 0 amide bonds. The predicted octanol–water partition coefficient (Wildman–Crippen LogP) is 1.31. The summed E-state index contributed by atoms with van der Waals surface area (Å²) in [4.78, 5) is 2.47. The molecule has 2 N–H and O–H groups in total. The molecule has 2 unspecified atom stereocenters. The maximum Gasteiger partial charge on any atom is 0.000984 e. The van der Waals surface area contributed by atoms with E-state index in [0.717, 1.165) is 24.3 Å². The highest BCUT2D eigenvalue weighted by Crippen LogP contribution is 2.44. The number of rotatable bonds is 4. The van der Waals surface area contributed by atoms with Gasteiger partial charge < -0.3 is 10.6 Å². The second-order valence-electron chi connectivity index (χ2n) is 4.89. The van der Waals surface area contributed by atoms with Crippen LogP contribution in [0.25, 0.3) is 0 Å². The molecule has 1 saturated carbocycles. The molecule has 2 heteroatoms. The van der Waals surface area contributed by atoms with Crippen LogP contribution >= 0.6 is 0 Å². The van der Waals surface area contributed by atoms with Crippen LogP contribution in [0.2, 0.25) is 0 Å². The normalized spacial score (nSPS) is 32.3. The van der Waals surface area contributed by atoms with Crippen LogP contribution in [0.3, 0.4) is 0 Å². The lowest BCUT2D eigenvalue weighted by molar-refractivity contribution is 0.277. The maximum atomic E-state index is 5.68. The lowest BCUT2D eigenvalue weighted by atomic mass is 9.85. The first-order valence-electron chi connectivity index (χ1n) is 5.70. The molecular formula is C11H22N2. The van der Waals surface area contributed by atoms with E-state index in [1.165, 1.54) is 38.8 Å². The third-order valence-corrected chi connectivity index (χ3v) is 3.76. The molecule has 2 aliphatic rings. The highest BCUT2D eigenvalue weighted by atomic mass is 15.1. The first kappa shape index (κ1) is 9.47. The Bertz CT molecular complexity index is 165. The van der Waals surface area contributed by atoms with Gasteiger partial charge in [-0.1, -0.05) is 0 Å². The minimum atomic E-state index is 0.890. The van der Waals surface area contributed by atoms with Crippen molar-refractivity contribution in [2.24, 2.45) is 23.5 Å². The number of hydrogen-bond donors (Lipinski definition) is 1. The fourth-order valence-corrected chi connectivity index (χ4v) is 2.89. The molecule has 1 aliphatic heterocycles. The molecule has 1 saturated heterocycles. The Labute approximate surface area is 81.5 Å². The Morgan fingerprint density at radius 3 is 2.54 bits per heavy atom. The van der Waals surface area contributed by atoms with Gasteiger partial charge in [0.25, 0.3) is 0 Å². The second kappa shape index (κ2) is 3.97. The highest BCUT2D eigenvalue weighted by molar-refractivity contribution is 4.89. The van der Waals surface area contributed by atoms with E-state index < -0.39 is 0 Å². The maximum absolute atomic E-state index is 5.68. The van der Waals surface area contributed by atoms with E-state index in [-0.39, 0.29) is 0 Å². The molecule has 13 heavy (non-hydrogen) atoms. The van der Waals surface area contributed by atoms with Gasteiger partial charge in [0.05, 0.1) is 0 Å². The van der Waals surface area contributed by atoms with Crippen LogP contribution in [0.4, 0.5) is 0 Å². The minimum absolute atomic E-state index is 0.890. The zero-order valence-electron chi connectivity index (χ0n) is 8.71. The lowest BCUT2D eigenvalue weighted by Crippen LogP contribution is -2.23. The molecule has 0 aromatic heterocycles. The number of nitrogens with two attached hydrogens (primary N) is 1. The zero-order chi connectivity index (χ0) is 9.26. The predicted molar refractivity (Wildman–Crippen MR) is 55.5 cm³/mol. The monoisotopic (exact) mass is 182 g/mol. The Hall–Kier alpha value is -0.0800. The summed E-state index contributed by atoms with van der Waals surface area (Å²) in [5, 5.41) is 0. The number of hydrogen-bond acceptors (Lipinski definition) is 2. The van der Waals surface area contributed by atoms with Crippen molar-refractivity contribution < 1.29 is 0 Å². The van der Waals surface area contributed by atoms with Gasteiger partial charge >= 0.3 is 0 Å². The number of likely N-dealkylation sites (tertiary alicyclic amines) is 1. The Morgan fingerprint density at radius 1 is 1.31 bits per heavy atom. The van der Waals surface area contributed by atoms with Crippen molar-refractivity contribution in [3.63, 3.8) is 0 Å². The van der Waals surface area contributed by atoms with Crippen LogP contribution in [-0.4, -0.2) is 31.6 Å². The largest absolute Gasteiger partial charge is 0.330 e. The molecular weight excluding hydrogens is 160 g/mol. The van der Waals surface area contributed by atoms with Gasteiger partial charge in [-0.25, -0.2) is 0 Å². The van der Waals surface area contributed by atoms with E-state index in [4.69, 9.17) is 5.73 Å². The van der Waals surface area contributed by atoms with Gasteiger partial charge in [0.15, 0.2) is 0 Å². The van der Waals surface area contributed by atoms with E-state index in [1.807, 2.05) is 0 Å². The summed E-state index contributed by atoms with van der Waals surface area (Å²) in [6.45, 7) is 3.51. The SMILES string of the molecule is CN1CCC(C(CCN)C2CC2)C1. The van der Waals surface area contributed by atoms with Crippen LogP contribution in [0.15, 0.2) is 0 Å². The fourth-order valence-electron chi connectivity index (χ4n) is 2.89. The molecule has 2 nitrogen and oxygen atoms in total. The van der Waals surface area contributed by atoms with Gasteiger partial charge in [-0.05, 0) is 63.6 Å². The van der Waals surface area contributed by atoms with Crippen LogP contribution in [0.1, 0.15) is 25.7 Å². The summed E-state index contributed by atoms with van der Waals surface area (Å²) >= 11 is 0. The Balaban J connectivity index is 1.87. The Morgan fingerprint density at radius 2 is 2.08 bits per heavy atom. The van der Waals surface area contributed by atoms with Gasteiger partial charge in [0.1, 0.15) is 0 Å². The zero-order valence-corrected chi connectivity index (χ0v) is 8.71. The van der Waals surface area contributed by atoms with E-state index >= 15 is 0 Å².